The van der Waals surface area contributed by atoms with Gasteiger partial charge in [-0.15, -0.1) is 0 Å². The normalized spacial score (nSPS) is 11.3. The predicted molar refractivity (Wildman–Crippen MR) is 93.1 cm³/mol. The summed E-state index contributed by atoms with van der Waals surface area (Å²) in [5, 5.41) is 11.7. The fourth-order valence-corrected chi connectivity index (χ4v) is 2.56. The van der Waals surface area contributed by atoms with Crippen molar-refractivity contribution in [1.29, 1.82) is 0 Å². The zero-order valence-corrected chi connectivity index (χ0v) is 20.7. The Kier molecular flexibility index (Phi) is 25.1. The summed E-state index contributed by atoms with van der Waals surface area (Å²) in [6, 6.07) is -0.744. The minimum absolute atomic E-state index is 0. The fourth-order valence-electron chi connectivity index (χ4n) is 2.56. The van der Waals surface area contributed by atoms with Crippen LogP contribution in [0.5, 0.6) is 0 Å². The molecule has 1 amide bonds. The molecular weight excluding hydrogens is 324 g/mol. The first-order valence-electron chi connectivity index (χ1n) is 8.99. The van der Waals surface area contributed by atoms with E-state index in [1.165, 1.54) is 44.9 Å². The maximum Gasteiger partial charge on any atom is 1.00 e. The van der Waals surface area contributed by atoms with Crippen molar-refractivity contribution in [3.05, 3.63) is 0 Å². The molecule has 0 radical (unpaired) electrons. The predicted octanol–water partition coefficient (Wildman–Crippen LogP) is -1.24. The van der Waals surface area contributed by atoms with E-state index >= 15 is 0 Å². The minimum Gasteiger partial charge on any atom is -1.00 e. The number of hydrogen-bond acceptors (Lipinski definition) is 2. The van der Waals surface area contributed by atoms with Crippen LogP contribution < -0.4 is 64.4 Å². The van der Waals surface area contributed by atoms with Gasteiger partial charge >= 0.3 is 65.1 Å². The molecule has 0 spiro atoms. The third-order valence-electron chi connectivity index (χ3n) is 3.85. The van der Waals surface area contributed by atoms with E-state index in [9.17, 15) is 9.59 Å². The van der Waals surface area contributed by atoms with Crippen molar-refractivity contribution in [3.8, 4) is 0 Å². The molecule has 0 aliphatic rings. The monoisotopic (exact) mass is 361 g/mol. The van der Waals surface area contributed by atoms with Gasteiger partial charge in [0.15, 0.2) is 0 Å². The molecular formula is C18H37NNa2O3. The molecule has 0 aromatic carbocycles. The largest absolute Gasteiger partial charge is 1.00 e. The minimum atomic E-state index is -0.936. The van der Waals surface area contributed by atoms with Crippen molar-refractivity contribution < 1.29 is 76.7 Å². The fraction of sp³-hybridized carbons (Fsp3) is 0.889. The summed E-state index contributed by atoms with van der Waals surface area (Å²) in [4.78, 5) is 22.9. The Labute approximate surface area is 195 Å². The molecule has 0 rings (SSSR count). The Hall–Kier alpha value is 0.940. The Morgan fingerprint density at radius 2 is 1.38 bits per heavy atom. The number of rotatable bonds is 14. The summed E-state index contributed by atoms with van der Waals surface area (Å²) in [6.07, 6.45) is 11.8. The average molecular weight is 361 g/mol. The number of unbranched alkanes of at least 4 members (excludes halogenated alkanes) is 8. The second-order valence-electron chi connectivity index (χ2n) is 6.67. The van der Waals surface area contributed by atoms with Crippen LogP contribution >= 0.6 is 0 Å². The quantitative estimate of drug-likeness (QED) is 0.300. The molecule has 0 saturated carbocycles. The Bertz CT molecular complexity index is 323. The molecule has 134 valence electrons. The van der Waals surface area contributed by atoms with Crippen LogP contribution in [0.25, 0.3) is 0 Å². The molecule has 0 saturated heterocycles. The molecule has 4 nitrogen and oxygen atoms in total. The number of carbonyl (C=O) groups excluding carboxylic acids is 1. The Balaban J connectivity index is -0.000000367. The topological polar surface area (TPSA) is 66.4 Å². The summed E-state index contributed by atoms with van der Waals surface area (Å²) in [5.41, 5.74) is 0. The van der Waals surface area contributed by atoms with E-state index in [4.69, 9.17) is 5.11 Å². The van der Waals surface area contributed by atoms with Crippen LogP contribution in [0.1, 0.15) is 94.3 Å². The number of carboxylic acids is 1. The number of carboxylic acid groups (broad SMARTS) is 1. The van der Waals surface area contributed by atoms with Gasteiger partial charge in [-0.2, -0.15) is 0 Å². The van der Waals surface area contributed by atoms with Crippen molar-refractivity contribution >= 4 is 11.9 Å². The van der Waals surface area contributed by atoms with E-state index in [-0.39, 0.29) is 73.8 Å². The van der Waals surface area contributed by atoms with E-state index in [1.54, 1.807) is 0 Å². The zero-order chi connectivity index (χ0) is 16.8. The maximum absolute atomic E-state index is 11.8. The Morgan fingerprint density at radius 1 is 0.917 bits per heavy atom. The van der Waals surface area contributed by atoms with Crippen LogP contribution in [-0.2, 0) is 9.59 Å². The van der Waals surface area contributed by atoms with Gasteiger partial charge in [-0.25, -0.2) is 4.79 Å². The van der Waals surface area contributed by atoms with Gasteiger partial charge in [0, 0.05) is 6.42 Å². The van der Waals surface area contributed by atoms with Gasteiger partial charge in [0.2, 0.25) is 5.91 Å². The smallest absolute Gasteiger partial charge is 1.00 e. The molecule has 0 aromatic heterocycles. The first kappa shape index (κ1) is 29.7. The van der Waals surface area contributed by atoms with E-state index < -0.39 is 12.0 Å². The summed E-state index contributed by atoms with van der Waals surface area (Å²) in [6.45, 7) is 6.15. The van der Waals surface area contributed by atoms with Gasteiger partial charge < -0.3 is 13.3 Å². The zero-order valence-electron chi connectivity index (χ0n) is 18.7. The van der Waals surface area contributed by atoms with Crippen LogP contribution in [-0.4, -0.2) is 23.0 Å². The first-order valence-corrected chi connectivity index (χ1v) is 8.99. The van der Waals surface area contributed by atoms with E-state index in [2.05, 4.69) is 12.2 Å². The number of nitrogens with one attached hydrogen (secondary N) is 1. The number of amides is 1. The summed E-state index contributed by atoms with van der Waals surface area (Å²) < 4.78 is 0. The first-order chi connectivity index (χ1) is 10.5. The van der Waals surface area contributed by atoms with Crippen molar-refractivity contribution in [2.45, 2.75) is 97.4 Å². The van der Waals surface area contributed by atoms with Gasteiger partial charge in [0.05, 0.1) is 0 Å². The number of aliphatic carboxylic acids is 1. The number of hydrogen-bond donors (Lipinski definition) is 2. The molecule has 6 heteroatoms. The van der Waals surface area contributed by atoms with Gasteiger partial charge in [0.1, 0.15) is 6.04 Å². The third-order valence-corrected chi connectivity index (χ3v) is 3.85. The van der Waals surface area contributed by atoms with Crippen LogP contribution in [0.15, 0.2) is 0 Å². The summed E-state index contributed by atoms with van der Waals surface area (Å²) in [5.74, 6) is -0.806. The van der Waals surface area contributed by atoms with E-state index in [1.807, 2.05) is 13.8 Å². The molecule has 0 fully saturated rings. The van der Waals surface area contributed by atoms with Crippen LogP contribution in [0.2, 0.25) is 0 Å². The van der Waals surface area contributed by atoms with Crippen molar-refractivity contribution in [2.75, 3.05) is 0 Å². The average Bonchev–Trinajstić information content (AvgIpc) is 2.44. The van der Waals surface area contributed by atoms with Crippen molar-refractivity contribution in [1.82, 2.24) is 5.32 Å². The van der Waals surface area contributed by atoms with Gasteiger partial charge in [0.25, 0.3) is 0 Å². The summed E-state index contributed by atoms with van der Waals surface area (Å²) >= 11 is 0. The van der Waals surface area contributed by atoms with E-state index in [0.29, 0.717) is 12.8 Å². The standard InChI is InChI=1S/C18H35NO3.2Na.2H/c1-4-5-6-7-8-9-10-11-12-13-17(20)19-16(18(21)22)14-15(2)3;;;;/h15-16H,4-14H2,1-3H3,(H,19,20)(H,21,22);;;;/q;2*+1;2*-1. The van der Waals surface area contributed by atoms with Crippen LogP contribution in [0.3, 0.4) is 0 Å². The van der Waals surface area contributed by atoms with Gasteiger partial charge in [-0.1, -0.05) is 72.1 Å². The van der Waals surface area contributed by atoms with E-state index in [0.717, 1.165) is 12.8 Å². The molecule has 0 aliphatic carbocycles. The number of carbonyl (C=O) groups is 2. The molecule has 24 heavy (non-hydrogen) atoms. The second kappa shape index (κ2) is 20.3. The third kappa shape index (κ3) is 19.3. The molecule has 0 aliphatic heterocycles. The van der Waals surface area contributed by atoms with Crippen LogP contribution in [0, 0.1) is 5.92 Å². The second-order valence-corrected chi connectivity index (χ2v) is 6.67. The molecule has 0 bridgehead atoms. The van der Waals surface area contributed by atoms with Gasteiger partial charge in [-0.3, -0.25) is 4.79 Å². The van der Waals surface area contributed by atoms with Crippen molar-refractivity contribution in [2.24, 2.45) is 5.92 Å². The van der Waals surface area contributed by atoms with Crippen LogP contribution in [0.4, 0.5) is 0 Å². The molecule has 2 N–H and O–H groups in total. The SMILES string of the molecule is CCCCCCCCCCCC(=O)NC(CC(C)C)C(=O)O.[H-].[H-].[Na+].[Na+]. The molecule has 1 unspecified atom stereocenters. The summed E-state index contributed by atoms with van der Waals surface area (Å²) in [7, 11) is 0. The molecule has 0 aromatic rings. The van der Waals surface area contributed by atoms with Crippen molar-refractivity contribution in [3.63, 3.8) is 0 Å². The molecule has 0 heterocycles. The Morgan fingerprint density at radius 3 is 1.79 bits per heavy atom. The van der Waals surface area contributed by atoms with Gasteiger partial charge in [-0.05, 0) is 18.8 Å². The molecule has 1 atom stereocenters. The maximum atomic E-state index is 11.8.